The third-order valence-electron chi connectivity index (χ3n) is 7.64. The second-order valence-corrected chi connectivity index (χ2v) is 13.7. The summed E-state index contributed by atoms with van der Waals surface area (Å²) in [4.78, 5) is 29.9. The van der Waals surface area contributed by atoms with E-state index >= 15 is 0 Å². The number of benzene rings is 2. The molecule has 0 aliphatic carbocycles. The van der Waals surface area contributed by atoms with E-state index in [1.54, 1.807) is 24.9 Å². The second-order valence-electron chi connectivity index (χ2n) is 12.1. The number of ether oxygens (including phenoxy) is 2. The highest BCUT2D eigenvalue weighted by atomic mass is 32.2. The highest BCUT2D eigenvalue weighted by Gasteiger charge is 2.31. The number of sulfonamides is 1. The Kier molecular flexibility index (Phi) is 13.0. The van der Waals surface area contributed by atoms with Crippen molar-refractivity contribution in [3.8, 4) is 5.75 Å². The summed E-state index contributed by atoms with van der Waals surface area (Å²) >= 11 is 0. The number of rotatable bonds is 8. The van der Waals surface area contributed by atoms with Crippen LogP contribution in [0.1, 0.15) is 64.2 Å². The number of hydrogen-bond donors (Lipinski definition) is 3. The number of urea groups is 1. The Morgan fingerprint density at radius 3 is 2.47 bits per heavy atom. The van der Waals surface area contributed by atoms with E-state index in [-0.39, 0.29) is 59.1 Å². The molecular weight excluding hydrogens is 603 g/mol. The number of carbonyl (C=O) groups excluding carboxylic acids is 2. The van der Waals surface area contributed by atoms with Crippen LogP contribution in [0, 0.1) is 11.7 Å². The largest absolute Gasteiger partial charge is 0.490 e. The monoisotopic (exact) mass is 650 g/mol. The lowest BCUT2D eigenvalue weighted by Gasteiger charge is -2.36. The van der Waals surface area contributed by atoms with Gasteiger partial charge in [0.2, 0.25) is 0 Å². The first-order valence-corrected chi connectivity index (χ1v) is 16.8. The predicted molar refractivity (Wildman–Crippen MR) is 170 cm³/mol. The molecule has 250 valence electrons. The first-order chi connectivity index (χ1) is 21.2. The number of aliphatic hydroxyl groups excluding tert-OH is 1. The minimum Gasteiger partial charge on any atom is -0.490 e. The highest BCUT2D eigenvalue weighted by Crippen LogP contribution is 2.29. The van der Waals surface area contributed by atoms with Gasteiger partial charge in [0.1, 0.15) is 11.6 Å². The van der Waals surface area contributed by atoms with Crippen molar-refractivity contribution in [1.82, 2.24) is 15.1 Å². The molecule has 3 rings (SSSR count). The molecule has 4 atom stereocenters. The number of carbonyl (C=O) groups is 2. The number of fused-ring (bicyclic) bond motifs is 1. The highest BCUT2D eigenvalue weighted by molar-refractivity contribution is 7.92. The quantitative estimate of drug-likeness (QED) is 0.383. The van der Waals surface area contributed by atoms with Crippen LogP contribution in [-0.4, -0.2) is 92.9 Å². The van der Waals surface area contributed by atoms with Crippen molar-refractivity contribution in [2.45, 2.75) is 83.1 Å². The topological polar surface area (TPSA) is 138 Å². The minimum atomic E-state index is -4.09. The van der Waals surface area contributed by atoms with Gasteiger partial charge in [0.15, 0.2) is 0 Å². The molecule has 11 nitrogen and oxygen atoms in total. The SMILES string of the molecule is CC(C)NC(=O)N(C)C[C@@H]1OCCCC[C@@H](C)Oc2ccc(NS(=O)(=O)c3ccc(F)cc3)cc2C(=O)N([C@@H](C)CO)C[C@H]1C. The normalized spacial score (nSPS) is 20.9. The summed E-state index contributed by atoms with van der Waals surface area (Å²) in [5.74, 6) is -0.990. The Hall–Kier alpha value is -3.42. The summed E-state index contributed by atoms with van der Waals surface area (Å²) in [5, 5.41) is 13.0. The van der Waals surface area contributed by atoms with Crippen LogP contribution >= 0.6 is 0 Å². The number of anilines is 1. The molecule has 3 N–H and O–H groups in total. The maximum atomic E-state index is 14.2. The predicted octanol–water partition coefficient (Wildman–Crippen LogP) is 4.47. The molecule has 1 aliphatic rings. The number of likely N-dealkylation sites (N-methyl/N-ethyl adjacent to an activating group) is 1. The molecule has 0 aromatic heterocycles. The van der Waals surface area contributed by atoms with Crippen LogP contribution in [0.5, 0.6) is 5.75 Å². The van der Waals surface area contributed by atoms with Gasteiger partial charge >= 0.3 is 6.03 Å². The molecule has 1 aliphatic heterocycles. The summed E-state index contributed by atoms with van der Waals surface area (Å²) in [5.41, 5.74) is 0.240. The van der Waals surface area contributed by atoms with Gasteiger partial charge in [0.05, 0.1) is 35.3 Å². The summed E-state index contributed by atoms with van der Waals surface area (Å²) in [6, 6.07) is 8.03. The number of aliphatic hydroxyl groups is 1. The molecule has 13 heteroatoms. The van der Waals surface area contributed by atoms with Crippen LogP contribution in [-0.2, 0) is 14.8 Å². The Morgan fingerprint density at radius 2 is 1.82 bits per heavy atom. The van der Waals surface area contributed by atoms with Gasteiger partial charge in [-0.2, -0.15) is 0 Å². The minimum absolute atomic E-state index is 0.0323. The average molecular weight is 651 g/mol. The summed E-state index contributed by atoms with van der Waals surface area (Å²) in [7, 11) is -2.39. The van der Waals surface area contributed by atoms with E-state index < -0.39 is 33.9 Å². The van der Waals surface area contributed by atoms with Gasteiger partial charge < -0.3 is 29.7 Å². The fourth-order valence-corrected chi connectivity index (χ4v) is 6.04. The first kappa shape index (κ1) is 36.1. The number of amides is 3. The molecule has 0 fully saturated rings. The van der Waals surface area contributed by atoms with Crippen LogP contribution in [0.2, 0.25) is 0 Å². The molecule has 0 radical (unpaired) electrons. The average Bonchev–Trinajstić information content (AvgIpc) is 2.98. The van der Waals surface area contributed by atoms with Crippen LogP contribution in [0.4, 0.5) is 14.9 Å². The van der Waals surface area contributed by atoms with Gasteiger partial charge in [0.25, 0.3) is 15.9 Å². The van der Waals surface area contributed by atoms with Gasteiger partial charge in [-0.15, -0.1) is 0 Å². The summed E-state index contributed by atoms with van der Waals surface area (Å²) in [6.07, 6.45) is 1.60. The van der Waals surface area contributed by atoms with Crippen molar-refractivity contribution < 1.29 is 37.0 Å². The molecule has 3 amide bonds. The zero-order valence-electron chi connectivity index (χ0n) is 27.0. The Morgan fingerprint density at radius 1 is 1.13 bits per heavy atom. The molecule has 0 unspecified atom stereocenters. The van der Waals surface area contributed by atoms with Crippen LogP contribution in [0.25, 0.3) is 0 Å². The van der Waals surface area contributed by atoms with Gasteiger partial charge in [-0.25, -0.2) is 17.6 Å². The van der Waals surface area contributed by atoms with Crippen molar-refractivity contribution in [2.75, 3.05) is 38.1 Å². The van der Waals surface area contributed by atoms with Crippen molar-refractivity contribution in [3.63, 3.8) is 0 Å². The number of nitrogens with one attached hydrogen (secondary N) is 2. The smallest absolute Gasteiger partial charge is 0.317 e. The lowest BCUT2D eigenvalue weighted by Crippen LogP contribution is -2.49. The van der Waals surface area contributed by atoms with E-state index in [0.29, 0.717) is 19.6 Å². The summed E-state index contributed by atoms with van der Waals surface area (Å²) in [6.45, 7) is 9.95. The van der Waals surface area contributed by atoms with Crippen LogP contribution in [0.15, 0.2) is 47.4 Å². The van der Waals surface area contributed by atoms with Crippen molar-refractivity contribution in [2.24, 2.45) is 5.92 Å². The third-order valence-corrected chi connectivity index (χ3v) is 9.04. The zero-order valence-corrected chi connectivity index (χ0v) is 27.8. The zero-order chi connectivity index (χ0) is 33.3. The van der Waals surface area contributed by atoms with Crippen molar-refractivity contribution in [3.05, 3.63) is 53.8 Å². The molecule has 0 bridgehead atoms. The van der Waals surface area contributed by atoms with Gasteiger partial charge in [0, 0.05) is 44.4 Å². The molecule has 2 aromatic rings. The van der Waals surface area contributed by atoms with Crippen LogP contribution in [0.3, 0.4) is 0 Å². The lowest BCUT2D eigenvalue weighted by atomic mass is 10.0. The van der Waals surface area contributed by atoms with Gasteiger partial charge in [-0.1, -0.05) is 6.92 Å². The molecule has 0 saturated carbocycles. The summed E-state index contributed by atoms with van der Waals surface area (Å²) < 4.78 is 54.5. The van der Waals surface area contributed by atoms with E-state index in [1.807, 2.05) is 27.7 Å². The van der Waals surface area contributed by atoms with E-state index in [4.69, 9.17) is 9.47 Å². The Balaban J connectivity index is 1.98. The third kappa shape index (κ3) is 10.3. The second kappa shape index (κ2) is 16.2. The maximum absolute atomic E-state index is 14.2. The Labute approximate surface area is 266 Å². The molecule has 0 saturated heterocycles. The van der Waals surface area contributed by atoms with Gasteiger partial charge in [-0.3, -0.25) is 9.52 Å². The number of nitrogens with zero attached hydrogens (tertiary/aromatic N) is 2. The standard InChI is InChI=1S/C32H47FN4O7S/c1-21(2)34-32(40)36(6)19-30-22(3)18-37(23(4)20-38)31(39)28-17-26(35-45(41,42)27-13-10-25(33)11-14-27)12-15-29(28)44-24(5)9-7-8-16-43-30/h10-15,17,21-24,30,35,38H,7-9,16,18-20H2,1-6H3,(H,34,40)/t22-,23+,24-,30+/m1/s1. The van der Waals surface area contributed by atoms with E-state index in [1.165, 1.54) is 17.0 Å². The van der Waals surface area contributed by atoms with E-state index in [0.717, 1.165) is 37.1 Å². The molecular formula is C32H47FN4O7S. The number of halogens is 1. The van der Waals surface area contributed by atoms with Gasteiger partial charge in [-0.05, 0) is 89.4 Å². The number of hydrogen-bond acceptors (Lipinski definition) is 7. The molecule has 2 aromatic carbocycles. The van der Waals surface area contributed by atoms with Crippen molar-refractivity contribution in [1.29, 1.82) is 0 Å². The van der Waals surface area contributed by atoms with Crippen LogP contribution < -0.4 is 14.8 Å². The maximum Gasteiger partial charge on any atom is 0.317 e. The van der Waals surface area contributed by atoms with Crippen molar-refractivity contribution >= 4 is 27.6 Å². The van der Waals surface area contributed by atoms with E-state index in [9.17, 15) is 27.5 Å². The molecule has 1 heterocycles. The fourth-order valence-electron chi connectivity index (χ4n) is 4.99. The fraction of sp³-hybridized carbons (Fsp3) is 0.562. The van der Waals surface area contributed by atoms with E-state index in [2.05, 4.69) is 10.0 Å². The molecule has 45 heavy (non-hydrogen) atoms. The lowest BCUT2D eigenvalue weighted by molar-refractivity contribution is -0.0122. The Bertz CT molecular complexity index is 1390. The first-order valence-electron chi connectivity index (χ1n) is 15.4. The molecule has 0 spiro atoms.